The van der Waals surface area contributed by atoms with E-state index in [1.807, 2.05) is 30.3 Å². The molecular formula is C25H26ClN5O2S. The third-order valence-corrected chi connectivity index (χ3v) is 8.00. The third-order valence-electron chi connectivity index (χ3n) is 6.74. The Hall–Kier alpha value is -2.71. The number of Topliss-reactive ketones (excluding diaryl/α,β-unsaturated/α-hetero) is 1. The molecule has 2 aliphatic rings. The van der Waals surface area contributed by atoms with Crippen molar-refractivity contribution in [2.45, 2.75) is 55.3 Å². The lowest BCUT2D eigenvalue weighted by molar-refractivity contribution is -0.146. The number of pyridine rings is 1. The number of carbonyl (C=O) groups excluding carboxylic acids is 2. The summed E-state index contributed by atoms with van der Waals surface area (Å²) in [5, 5.41) is 10.0. The van der Waals surface area contributed by atoms with Crippen molar-refractivity contribution < 1.29 is 9.59 Å². The molecule has 0 saturated heterocycles. The monoisotopic (exact) mass is 495 g/mol. The topological polar surface area (TPSA) is 81.0 Å². The summed E-state index contributed by atoms with van der Waals surface area (Å²) >= 11 is 7.90. The maximum Gasteiger partial charge on any atom is 0.233 e. The molecule has 3 aromatic rings. The number of halogens is 1. The van der Waals surface area contributed by atoms with Gasteiger partial charge in [0.1, 0.15) is 5.54 Å². The van der Waals surface area contributed by atoms with E-state index >= 15 is 0 Å². The Morgan fingerprint density at radius 2 is 2.03 bits per heavy atom. The first kappa shape index (κ1) is 23.1. The van der Waals surface area contributed by atoms with E-state index in [0.29, 0.717) is 34.6 Å². The van der Waals surface area contributed by atoms with Gasteiger partial charge >= 0.3 is 0 Å². The van der Waals surface area contributed by atoms with Crippen molar-refractivity contribution in [3.63, 3.8) is 0 Å². The second kappa shape index (κ2) is 9.50. The normalized spacial score (nSPS) is 20.4. The molecule has 1 aromatic carbocycles. The van der Waals surface area contributed by atoms with E-state index in [9.17, 15) is 9.59 Å². The summed E-state index contributed by atoms with van der Waals surface area (Å²) in [6, 6.07) is 11.5. The minimum atomic E-state index is -1.03. The van der Waals surface area contributed by atoms with Gasteiger partial charge in [0.25, 0.3) is 0 Å². The quantitative estimate of drug-likeness (QED) is 0.433. The molecule has 0 aliphatic heterocycles. The zero-order chi connectivity index (χ0) is 23.7. The molecule has 1 atom stereocenters. The number of thioether (sulfide) groups is 1. The summed E-state index contributed by atoms with van der Waals surface area (Å²) in [6.45, 7) is 0. The predicted molar refractivity (Wildman–Crippen MR) is 132 cm³/mol. The molecule has 5 rings (SSSR count). The average Bonchev–Trinajstić information content (AvgIpc) is 3.62. The third kappa shape index (κ3) is 4.14. The molecule has 2 heterocycles. The van der Waals surface area contributed by atoms with Crippen LogP contribution in [-0.4, -0.2) is 49.1 Å². The Morgan fingerprint density at radius 1 is 1.21 bits per heavy atom. The molecule has 0 N–H and O–H groups in total. The SMILES string of the molecule is CN(C(=O)CSc1nnc(-c2cccnc2)n1C1CC1)C1(c2ccccc2Cl)CCCCC1=O. The van der Waals surface area contributed by atoms with Crippen LogP contribution in [0.5, 0.6) is 0 Å². The maximum absolute atomic E-state index is 13.5. The zero-order valence-electron chi connectivity index (χ0n) is 19.0. The van der Waals surface area contributed by atoms with Gasteiger partial charge in [0.2, 0.25) is 5.91 Å². The second-order valence-corrected chi connectivity index (χ2v) is 10.2. The van der Waals surface area contributed by atoms with E-state index in [-0.39, 0.29) is 17.4 Å². The fourth-order valence-corrected chi connectivity index (χ4v) is 6.01. The molecule has 34 heavy (non-hydrogen) atoms. The molecule has 7 nitrogen and oxygen atoms in total. The summed E-state index contributed by atoms with van der Waals surface area (Å²) < 4.78 is 2.12. The first-order valence-electron chi connectivity index (χ1n) is 11.6. The summed E-state index contributed by atoms with van der Waals surface area (Å²) in [4.78, 5) is 32.6. The first-order chi connectivity index (χ1) is 16.5. The van der Waals surface area contributed by atoms with E-state index in [0.717, 1.165) is 37.1 Å². The highest BCUT2D eigenvalue weighted by atomic mass is 35.5. The van der Waals surface area contributed by atoms with Gasteiger partial charge in [-0.3, -0.25) is 19.1 Å². The van der Waals surface area contributed by atoms with E-state index in [4.69, 9.17) is 11.6 Å². The second-order valence-electron chi connectivity index (χ2n) is 8.86. The Balaban J connectivity index is 1.40. The van der Waals surface area contributed by atoms with Crippen LogP contribution in [0.1, 0.15) is 50.1 Å². The minimum absolute atomic E-state index is 0.0488. The highest BCUT2D eigenvalue weighted by Crippen LogP contribution is 2.43. The van der Waals surface area contributed by atoms with Gasteiger partial charge in [-0.15, -0.1) is 10.2 Å². The number of ketones is 1. The number of rotatable bonds is 7. The molecule has 2 aromatic heterocycles. The van der Waals surface area contributed by atoms with E-state index in [2.05, 4.69) is 19.7 Å². The highest BCUT2D eigenvalue weighted by Gasteiger charge is 2.47. The number of likely N-dealkylation sites (N-methyl/N-ethyl adjacent to an activating group) is 1. The minimum Gasteiger partial charge on any atom is -0.328 e. The van der Waals surface area contributed by atoms with Crippen LogP contribution in [-0.2, 0) is 15.1 Å². The summed E-state index contributed by atoms with van der Waals surface area (Å²) in [5.74, 6) is 0.850. The van der Waals surface area contributed by atoms with Gasteiger partial charge in [-0.2, -0.15) is 0 Å². The van der Waals surface area contributed by atoms with Gasteiger partial charge in [-0.05, 0) is 50.3 Å². The summed E-state index contributed by atoms with van der Waals surface area (Å²) in [7, 11) is 1.72. The number of aromatic nitrogens is 4. The number of hydrogen-bond donors (Lipinski definition) is 0. The van der Waals surface area contributed by atoms with E-state index < -0.39 is 5.54 Å². The lowest BCUT2D eigenvalue weighted by Gasteiger charge is -2.44. The van der Waals surface area contributed by atoms with Crippen molar-refractivity contribution in [1.82, 2.24) is 24.6 Å². The number of nitrogens with zero attached hydrogens (tertiary/aromatic N) is 5. The number of hydrogen-bond acceptors (Lipinski definition) is 6. The van der Waals surface area contributed by atoms with Crippen molar-refractivity contribution in [1.29, 1.82) is 0 Å². The van der Waals surface area contributed by atoms with Gasteiger partial charge in [-0.1, -0.05) is 41.6 Å². The molecule has 2 fully saturated rings. The predicted octanol–water partition coefficient (Wildman–Crippen LogP) is 4.92. The Morgan fingerprint density at radius 3 is 2.74 bits per heavy atom. The average molecular weight is 496 g/mol. The van der Waals surface area contributed by atoms with Gasteiger partial charge in [0.05, 0.1) is 5.75 Å². The van der Waals surface area contributed by atoms with E-state index in [1.54, 1.807) is 30.4 Å². The molecule has 9 heteroatoms. The Labute approximate surface area is 207 Å². The van der Waals surface area contributed by atoms with Crippen LogP contribution >= 0.6 is 23.4 Å². The lowest BCUT2D eigenvalue weighted by Crippen LogP contribution is -2.54. The smallest absolute Gasteiger partial charge is 0.233 e. The van der Waals surface area contributed by atoms with Gasteiger partial charge in [-0.25, -0.2) is 0 Å². The molecule has 1 unspecified atom stereocenters. The zero-order valence-corrected chi connectivity index (χ0v) is 20.6. The fraction of sp³-hybridized carbons (Fsp3) is 0.400. The van der Waals surface area contributed by atoms with Gasteiger partial charge in [0, 0.05) is 48.1 Å². The molecule has 0 spiro atoms. The highest BCUT2D eigenvalue weighted by molar-refractivity contribution is 7.99. The van der Waals surface area contributed by atoms with Crippen LogP contribution in [0.3, 0.4) is 0 Å². The number of carbonyl (C=O) groups is 2. The van der Waals surface area contributed by atoms with Crippen molar-refractivity contribution in [2.75, 3.05) is 12.8 Å². The molecule has 0 radical (unpaired) electrons. The molecule has 2 saturated carbocycles. The van der Waals surface area contributed by atoms with Crippen LogP contribution in [0.25, 0.3) is 11.4 Å². The van der Waals surface area contributed by atoms with Gasteiger partial charge < -0.3 is 4.90 Å². The standard InChI is InChI=1S/C25H26ClN5O2S/c1-30(25(13-5-4-10-21(25)32)19-8-2-3-9-20(19)26)22(33)16-34-24-29-28-23(31(24)18-11-12-18)17-7-6-14-27-15-17/h2-3,6-9,14-15,18H,4-5,10-13,16H2,1H3. The van der Waals surface area contributed by atoms with Crippen LogP contribution in [0.15, 0.2) is 53.9 Å². The Bertz CT molecular complexity index is 1210. The van der Waals surface area contributed by atoms with Crippen molar-refractivity contribution >= 4 is 35.1 Å². The maximum atomic E-state index is 13.5. The van der Waals surface area contributed by atoms with Gasteiger partial charge in [0.15, 0.2) is 16.8 Å². The van der Waals surface area contributed by atoms with Crippen molar-refractivity contribution in [2.24, 2.45) is 0 Å². The lowest BCUT2D eigenvalue weighted by atomic mass is 9.74. The number of benzene rings is 1. The molecular weight excluding hydrogens is 470 g/mol. The molecule has 2 aliphatic carbocycles. The largest absolute Gasteiger partial charge is 0.328 e. The first-order valence-corrected chi connectivity index (χ1v) is 12.9. The van der Waals surface area contributed by atoms with E-state index in [1.165, 1.54) is 11.8 Å². The van der Waals surface area contributed by atoms with Crippen LogP contribution in [0.4, 0.5) is 0 Å². The fourth-order valence-electron chi connectivity index (χ4n) is 4.79. The molecule has 1 amide bonds. The number of amides is 1. The van der Waals surface area contributed by atoms with Crippen LogP contribution < -0.4 is 0 Å². The van der Waals surface area contributed by atoms with Crippen LogP contribution in [0.2, 0.25) is 5.02 Å². The Kier molecular flexibility index (Phi) is 6.44. The molecule has 176 valence electrons. The summed E-state index contributed by atoms with van der Waals surface area (Å²) in [6.07, 6.45) is 8.36. The molecule has 0 bridgehead atoms. The van der Waals surface area contributed by atoms with Crippen molar-refractivity contribution in [3.8, 4) is 11.4 Å². The van der Waals surface area contributed by atoms with Crippen LogP contribution in [0, 0.1) is 0 Å². The van der Waals surface area contributed by atoms with Crippen molar-refractivity contribution in [3.05, 3.63) is 59.4 Å². The summed E-state index contributed by atoms with van der Waals surface area (Å²) in [5.41, 5.74) is 0.587.